The maximum atomic E-state index is 13.0. The molecule has 0 aliphatic rings. The zero-order chi connectivity index (χ0) is 28.1. The van der Waals surface area contributed by atoms with Crippen molar-refractivity contribution >= 4 is 39.9 Å². The van der Waals surface area contributed by atoms with Gasteiger partial charge < -0.3 is 19.2 Å². The van der Waals surface area contributed by atoms with Crippen LogP contribution in [0.25, 0.3) is 11.0 Å². The molecule has 0 aliphatic heterocycles. The van der Waals surface area contributed by atoms with E-state index >= 15 is 0 Å². The lowest BCUT2D eigenvalue weighted by Gasteiger charge is -2.12. The summed E-state index contributed by atoms with van der Waals surface area (Å²) in [5.74, 6) is 0.240. The molecule has 0 saturated heterocycles. The number of carbonyl (C=O) groups excluding carboxylic acids is 2. The van der Waals surface area contributed by atoms with Crippen LogP contribution in [0.3, 0.4) is 0 Å². The fourth-order valence-electron chi connectivity index (χ4n) is 4.16. The van der Waals surface area contributed by atoms with E-state index in [9.17, 15) is 14.4 Å². The van der Waals surface area contributed by atoms with Crippen molar-refractivity contribution in [3.05, 3.63) is 129 Å². The number of nitrogens with one attached hydrogen (secondary N) is 1. The molecule has 1 aromatic heterocycles. The fraction of sp³-hybridized carbons (Fsp3) is 0.0938. The van der Waals surface area contributed by atoms with Gasteiger partial charge in [0, 0.05) is 22.2 Å². The average molecular weight is 554 g/mol. The number of anilines is 1. The summed E-state index contributed by atoms with van der Waals surface area (Å²) >= 11 is 6.12. The minimum absolute atomic E-state index is 0.0743. The summed E-state index contributed by atoms with van der Waals surface area (Å²) in [5.41, 5.74) is 1.98. The van der Waals surface area contributed by atoms with Gasteiger partial charge in [0.05, 0.1) is 11.1 Å². The van der Waals surface area contributed by atoms with E-state index in [0.717, 1.165) is 12.0 Å². The maximum absolute atomic E-state index is 13.0. The predicted octanol–water partition coefficient (Wildman–Crippen LogP) is 7.05. The van der Waals surface area contributed by atoms with Gasteiger partial charge in [-0.25, -0.2) is 0 Å². The minimum atomic E-state index is -0.482. The van der Waals surface area contributed by atoms with Gasteiger partial charge in [0.1, 0.15) is 23.3 Å². The van der Waals surface area contributed by atoms with Crippen LogP contribution in [0.5, 0.6) is 17.2 Å². The monoisotopic (exact) mass is 553 g/mol. The highest BCUT2D eigenvalue weighted by Gasteiger charge is 2.17. The molecule has 1 N–H and O–H groups in total. The summed E-state index contributed by atoms with van der Waals surface area (Å²) in [5, 5.41) is 3.39. The third-order valence-electron chi connectivity index (χ3n) is 6.19. The number of ketones is 1. The number of aryl methyl sites for hydroxylation is 1. The molecule has 5 rings (SSSR count). The summed E-state index contributed by atoms with van der Waals surface area (Å²) < 4.78 is 17.1. The van der Waals surface area contributed by atoms with Crippen molar-refractivity contribution in [1.29, 1.82) is 0 Å². The molecule has 1 heterocycles. The van der Waals surface area contributed by atoms with Gasteiger partial charge in [-0.1, -0.05) is 67.1 Å². The average Bonchev–Trinajstić information content (AvgIpc) is 2.98. The number of benzene rings is 4. The third kappa shape index (κ3) is 5.90. The molecule has 0 aliphatic carbocycles. The number of halogens is 1. The Bertz CT molecular complexity index is 1760. The SMILES string of the molecule is CCc1ccccc1Oc1coc2cc(OCC(=O)Nc3ccc(Cl)cc3C(=O)c3ccccc3)ccc2c1=O. The van der Waals surface area contributed by atoms with Crippen LogP contribution in [0.4, 0.5) is 5.69 Å². The second kappa shape index (κ2) is 11.9. The zero-order valence-corrected chi connectivity index (χ0v) is 22.2. The Balaban J connectivity index is 1.28. The Hall–Kier alpha value is -4.88. The van der Waals surface area contributed by atoms with Crippen molar-refractivity contribution in [2.24, 2.45) is 0 Å². The van der Waals surface area contributed by atoms with Crippen molar-refractivity contribution in [3.63, 3.8) is 0 Å². The number of fused-ring (bicyclic) bond motifs is 1. The van der Waals surface area contributed by atoms with Crippen molar-refractivity contribution in [2.45, 2.75) is 13.3 Å². The Morgan fingerprint density at radius 1 is 0.900 bits per heavy atom. The van der Waals surface area contributed by atoms with Gasteiger partial charge in [-0.3, -0.25) is 14.4 Å². The van der Waals surface area contributed by atoms with Crippen LogP contribution in [-0.4, -0.2) is 18.3 Å². The van der Waals surface area contributed by atoms with Gasteiger partial charge in [-0.05, 0) is 48.4 Å². The highest BCUT2D eigenvalue weighted by Crippen LogP contribution is 2.27. The molecule has 0 saturated carbocycles. The van der Waals surface area contributed by atoms with E-state index in [1.54, 1.807) is 54.6 Å². The molecule has 7 nitrogen and oxygen atoms in total. The summed E-state index contributed by atoms with van der Waals surface area (Å²) in [6.07, 6.45) is 2.02. The molecule has 5 aromatic rings. The highest BCUT2D eigenvalue weighted by atomic mass is 35.5. The van der Waals surface area contributed by atoms with Crippen LogP contribution in [0.2, 0.25) is 5.02 Å². The number of hydrogen-bond acceptors (Lipinski definition) is 6. The first kappa shape index (κ1) is 26.7. The van der Waals surface area contributed by atoms with Gasteiger partial charge in [0.15, 0.2) is 12.4 Å². The zero-order valence-electron chi connectivity index (χ0n) is 21.5. The molecule has 8 heteroatoms. The van der Waals surface area contributed by atoms with Crippen LogP contribution < -0.4 is 20.2 Å². The molecule has 0 spiro atoms. The predicted molar refractivity (Wildman–Crippen MR) is 154 cm³/mol. The van der Waals surface area contributed by atoms with Crippen LogP contribution in [0, 0.1) is 0 Å². The number of para-hydroxylation sites is 1. The molecular weight excluding hydrogens is 530 g/mol. The van der Waals surface area contributed by atoms with Crippen LogP contribution in [-0.2, 0) is 11.2 Å². The standard InChI is InChI=1S/C32H24ClNO6/c1-2-20-8-6-7-11-27(20)40-29-18-39-28-17-23(13-14-24(28)32(29)37)38-19-30(35)34-26-15-12-22(33)16-25(26)31(36)21-9-4-3-5-10-21/h3-18H,2,19H2,1H3,(H,34,35). The van der Waals surface area contributed by atoms with Crippen molar-refractivity contribution in [2.75, 3.05) is 11.9 Å². The van der Waals surface area contributed by atoms with E-state index in [4.69, 9.17) is 25.5 Å². The number of ether oxygens (including phenoxy) is 2. The van der Waals surface area contributed by atoms with E-state index in [1.165, 1.54) is 18.4 Å². The summed E-state index contributed by atoms with van der Waals surface area (Å²) in [6.45, 7) is 1.66. The molecule has 40 heavy (non-hydrogen) atoms. The largest absolute Gasteiger partial charge is 0.484 e. The third-order valence-corrected chi connectivity index (χ3v) is 6.43. The lowest BCUT2D eigenvalue weighted by atomic mass is 10.0. The van der Waals surface area contributed by atoms with Gasteiger partial charge in [-0.15, -0.1) is 0 Å². The molecule has 200 valence electrons. The topological polar surface area (TPSA) is 94.8 Å². The minimum Gasteiger partial charge on any atom is -0.484 e. The quantitative estimate of drug-likeness (QED) is 0.197. The number of amides is 1. The Morgan fingerprint density at radius 3 is 2.48 bits per heavy atom. The summed E-state index contributed by atoms with van der Waals surface area (Å²) in [7, 11) is 0. The van der Waals surface area contributed by atoms with Crippen molar-refractivity contribution in [1.82, 2.24) is 0 Å². The molecule has 4 aromatic carbocycles. The molecule has 0 fully saturated rings. The Morgan fingerprint density at radius 2 is 1.68 bits per heavy atom. The van der Waals surface area contributed by atoms with E-state index in [0.29, 0.717) is 33.2 Å². The lowest BCUT2D eigenvalue weighted by Crippen LogP contribution is -2.21. The fourth-order valence-corrected chi connectivity index (χ4v) is 4.33. The maximum Gasteiger partial charge on any atom is 0.262 e. The number of hydrogen-bond donors (Lipinski definition) is 1. The summed E-state index contributed by atoms with van der Waals surface area (Å²) in [6, 6.07) is 25.5. The molecule has 0 unspecified atom stereocenters. The van der Waals surface area contributed by atoms with Gasteiger partial charge in [0.25, 0.3) is 5.91 Å². The summed E-state index contributed by atoms with van der Waals surface area (Å²) in [4.78, 5) is 38.7. The second-order valence-electron chi connectivity index (χ2n) is 8.87. The van der Waals surface area contributed by atoms with Crippen LogP contribution in [0.1, 0.15) is 28.4 Å². The molecular formula is C32H24ClNO6. The van der Waals surface area contributed by atoms with Crippen LogP contribution >= 0.6 is 11.6 Å². The van der Waals surface area contributed by atoms with Crippen molar-refractivity contribution in [3.8, 4) is 17.2 Å². The van der Waals surface area contributed by atoms with Gasteiger partial charge in [0.2, 0.25) is 11.2 Å². The number of carbonyl (C=O) groups is 2. The smallest absolute Gasteiger partial charge is 0.262 e. The molecule has 0 bridgehead atoms. The lowest BCUT2D eigenvalue weighted by molar-refractivity contribution is -0.118. The van der Waals surface area contributed by atoms with Crippen LogP contribution in [0.15, 0.2) is 106 Å². The first-order valence-electron chi connectivity index (χ1n) is 12.6. The van der Waals surface area contributed by atoms with E-state index in [1.807, 2.05) is 31.2 Å². The molecule has 1 amide bonds. The first-order chi connectivity index (χ1) is 19.4. The van der Waals surface area contributed by atoms with Gasteiger partial charge >= 0.3 is 0 Å². The first-order valence-corrected chi connectivity index (χ1v) is 12.9. The second-order valence-corrected chi connectivity index (χ2v) is 9.31. The normalized spacial score (nSPS) is 10.8. The highest BCUT2D eigenvalue weighted by molar-refractivity contribution is 6.31. The molecule has 0 radical (unpaired) electrons. The Labute approximate surface area is 234 Å². The van der Waals surface area contributed by atoms with Crippen molar-refractivity contribution < 1.29 is 23.5 Å². The van der Waals surface area contributed by atoms with E-state index < -0.39 is 5.91 Å². The van der Waals surface area contributed by atoms with E-state index in [-0.39, 0.29) is 34.7 Å². The van der Waals surface area contributed by atoms with Gasteiger partial charge in [-0.2, -0.15) is 0 Å². The number of rotatable bonds is 9. The molecule has 0 atom stereocenters. The Kier molecular flexibility index (Phi) is 7.94. The van der Waals surface area contributed by atoms with E-state index in [2.05, 4.69) is 5.32 Å².